The molecule has 0 bridgehead atoms. The van der Waals surface area contributed by atoms with Gasteiger partial charge in [0.25, 0.3) is 0 Å². The van der Waals surface area contributed by atoms with Crippen molar-refractivity contribution in [2.24, 2.45) is 11.7 Å². The van der Waals surface area contributed by atoms with Crippen LogP contribution in [0.2, 0.25) is 0 Å². The Morgan fingerprint density at radius 2 is 2.00 bits per heavy atom. The van der Waals surface area contributed by atoms with Crippen LogP contribution in [-0.4, -0.2) is 28.7 Å². The Labute approximate surface area is 110 Å². The Kier molecular flexibility index (Phi) is 5.17. The molecule has 0 aromatic carbocycles. The lowest BCUT2D eigenvalue weighted by atomic mass is 9.77. The van der Waals surface area contributed by atoms with E-state index in [9.17, 15) is 9.90 Å². The fourth-order valence-corrected chi connectivity index (χ4v) is 2.43. The van der Waals surface area contributed by atoms with Crippen LogP contribution in [0.5, 0.6) is 0 Å². The fraction of sp³-hybridized carbons (Fsp3) is 0.929. The number of nitrogens with one attached hydrogen (secondary N) is 1. The predicted octanol–water partition coefficient (Wildman–Crippen LogP) is 1.56. The lowest BCUT2D eigenvalue weighted by Gasteiger charge is -2.39. The number of amides is 1. The summed E-state index contributed by atoms with van der Waals surface area (Å²) in [5.41, 5.74) is 5.17. The summed E-state index contributed by atoms with van der Waals surface area (Å²) in [7, 11) is 0. The fourth-order valence-electron chi connectivity index (χ4n) is 2.43. The van der Waals surface area contributed by atoms with E-state index in [0.717, 1.165) is 25.7 Å². The third-order valence-electron chi connectivity index (χ3n) is 3.94. The van der Waals surface area contributed by atoms with Crippen molar-refractivity contribution in [2.75, 3.05) is 6.61 Å². The average molecular weight is 256 g/mol. The SMILES string of the molecule is CC1CCC(CO)(NC(=O)CCC(C)(C)N)CC1. The maximum atomic E-state index is 11.9. The zero-order valence-corrected chi connectivity index (χ0v) is 12.0. The molecule has 1 aliphatic carbocycles. The van der Waals surface area contributed by atoms with E-state index >= 15 is 0 Å². The van der Waals surface area contributed by atoms with Gasteiger partial charge >= 0.3 is 0 Å². The van der Waals surface area contributed by atoms with E-state index in [1.165, 1.54) is 0 Å². The summed E-state index contributed by atoms with van der Waals surface area (Å²) < 4.78 is 0. The molecular weight excluding hydrogens is 228 g/mol. The van der Waals surface area contributed by atoms with E-state index in [4.69, 9.17) is 5.73 Å². The second-order valence-corrected chi connectivity index (χ2v) is 6.66. The van der Waals surface area contributed by atoms with Crippen LogP contribution in [0.1, 0.15) is 59.3 Å². The van der Waals surface area contributed by atoms with E-state index in [1.54, 1.807) is 0 Å². The minimum atomic E-state index is -0.387. The van der Waals surface area contributed by atoms with E-state index in [1.807, 2.05) is 13.8 Å². The Morgan fingerprint density at radius 1 is 1.44 bits per heavy atom. The molecule has 18 heavy (non-hydrogen) atoms. The van der Waals surface area contributed by atoms with E-state index in [2.05, 4.69) is 12.2 Å². The van der Waals surface area contributed by atoms with Crippen LogP contribution in [0.15, 0.2) is 0 Å². The first-order valence-electron chi connectivity index (χ1n) is 6.97. The summed E-state index contributed by atoms with van der Waals surface area (Å²) in [5.74, 6) is 0.710. The molecule has 1 saturated carbocycles. The van der Waals surface area contributed by atoms with Crippen LogP contribution in [0.3, 0.4) is 0 Å². The Bertz CT molecular complexity index is 276. The van der Waals surface area contributed by atoms with Crippen LogP contribution in [0.25, 0.3) is 0 Å². The maximum Gasteiger partial charge on any atom is 0.220 e. The van der Waals surface area contributed by atoms with Crippen molar-refractivity contribution in [1.29, 1.82) is 0 Å². The van der Waals surface area contributed by atoms with E-state index in [-0.39, 0.29) is 23.6 Å². The van der Waals surface area contributed by atoms with Crippen LogP contribution >= 0.6 is 0 Å². The van der Waals surface area contributed by atoms with Gasteiger partial charge in [-0.05, 0) is 51.9 Å². The van der Waals surface area contributed by atoms with Gasteiger partial charge < -0.3 is 16.2 Å². The Morgan fingerprint density at radius 3 is 2.44 bits per heavy atom. The average Bonchev–Trinajstić information content (AvgIpc) is 2.29. The maximum absolute atomic E-state index is 11.9. The minimum absolute atomic E-state index is 0.0112. The van der Waals surface area contributed by atoms with E-state index < -0.39 is 0 Å². The van der Waals surface area contributed by atoms with Crippen molar-refractivity contribution in [3.63, 3.8) is 0 Å². The predicted molar refractivity (Wildman–Crippen MR) is 73.1 cm³/mol. The highest BCUT2D eigenvalue weighted by molar-refractivity contribution is 5.76. The molecule has 4 heteroatoms. The molecule has 0 atom stereocenters. The van der Waals surface area contributed by atoms with Gasteiger partial charge in [0.1, 0.15) is 0 Å². The zero-order valence-electron chi connectivity index (χ0n) is 12.0. The Balaban J connectivity index is 2.45. The van der Waals surface area contributed by atoms with Gasteiger partial charge in [0, 0.05) is 12.0 Å². The number of carbonyl (C=O) groups is 1. The number of aliphatic hydroxyl groups excluding tert-OH is 1. The quantitative estimate of drug-likeness (QED) is 0.699. The van der Waals surface area contributed by atoms with Crippen molar-refractivity contribution < 1.29 is 9.90 Å². The summed E-state index contributed by atoms with van der Waals surface area (Å²) in [6.07, 6.45) is 4.99. The molecule has 0 aromatic rings. The topological polar surface area (TPSA) is 75.3 Å². The first-order valence-corrected chi connectivity index (χ1v) is 6.97. The normalized spacial score (nSPS) is 29.1. The van der Waals surface area contributed by atoms with Gasteiger partial charge in [0.15, 0.2) is 0 Å². The molecular formula is C14H28N2O2. The third-order valence-corrected chi connectivity index (χ3v) is 3.94. The number of carbonyl (C=O) groups excluding carboxylic acids is 1. The van der Waals surface area contributed by atoms with Gasteiger partial charge in [-0.15, -0.1) is 0 Å². The second-order valence-electron chi connectivity index (χ2n) is 6.66. The van der Waals surface area contributed by atoms with Crippen LogP contribution < -0.4 is 11.1 Å². The van der Waals surface area contributed by atoms with Crippen LogP contribution in [-0.2, 0) is 4.79 Å². The number of nitrogens with two attached hydrogens (primary N) is 1. The third kappa shape index (κ3) is 4.94. The van der Waals surface area contributed by atoms with Crippen LogP contribution in [0, 0.1) is 5.92 Å². The monoisotopic (exact) mass is 256 g/mol. The van der Waals surface area contributed by atoms with Crippen molar-refractivity contribution >= 4 is 5.91 Å². The van der Waals surface area contributed by atoms with Gasteiger partial charge in [0.05, 0.1) is 12.1 Å². The summed E-state index contributed by atoms with van der Waals surface area (Å²) in [6.45, 7) is 6.10. The highest BCUT2D eigenvalue weighted by Crippen LogP contribution is 2.31. The van der Waals surface area contributed by atoms with Crippen molar-refractivity contribution in [2.45, 2.75) is 70.4 Å². The standard InChI is InChI=1S/C14H28N2O2/c1-11-4-8-14(10-17,9-5-11)16-12(18)6-7-13(2,3)15/h11,17H,4-10,15H2,1-3H3,(H,16,18). The zero-order chi connectivity index (χ0) is 13.8. The summed E-state index contributed by atoms with van der Waals surface area (Å²) in [6, 6.07) is 0. The lowest BCUT2D eigenvalue weighted by Crippen LogP contribution is -2.53. The molecule has 4 N–H and O–H groups in total. The highest BCUT2D eigenvalue weighted by Gasteiger charge is 2.34. The highest BCUT2D eigenvalue weighted by atomic mass is 16.3. The van der Waals surface area contributed by atoms with Gasteiger partial charge in [-0.1, -0.05) is 6.92 Å². The van der Waals surface area contributed by atoms with Gasteiger partial charge in [0.2, 0.25) is 5.91 Å². The molecule has 1 amide bonds. The summed E-state index contributed by atoms with van der Waals surface area (Å²) in [5, 5.41) is 12.6. The first-order chi connectivity index (χ1) is 8.26. The minimum Gasteiger partial charge on any atom is -0.394 e. The largest absolute Gasteiger partial charge is 0.394 e. The molecule has 0 aromatic heterocycles. The smallest absolute Gasteiger partial charge is 0.220 e. The van der Waals surface area contributed by atoms with Crippen LogP contribution in [0.4, 0.5) is 0 Å². The molecule has 106 valence electrons. The summed E-state index contributed by atoms with van der Waals surface area (Å²) in [4.78, 5) is 11.9. The Hall–Kier alpha value is -0.610. The molecule has 0 heterocycles. The lowest BCUT2D eigenvalue weighted by molar-refractivity contribution is -0.124. The summed E-state index contributed by atoms with van der Waals surface area (Å²) >= 11 is 0. The molecule has 1 aliphatic rings. The molecule has 4 nitrogen and oxygen atoms in total. The van der Waals surface area contributed by atoms with Crippen molar-refractivity contribution in [3.8, 4) is 0 Å². The molecule has 0 aliphatic heterocycles. The molecule has 1 rings (SSSR count). The van der Waals surface area contributed by atoms with Gasteiger partial charge in [-0.3, -0.25) is 4.79 Å². The molecule has 0 spiro atoms. The number of hydrogen-bond donors (Lipinski definition) is 3. The molecule has 0 radical (unpaired) electrons. The van der Waals surface area contributed by atoms with Crippen molar-refractivity contribution in [1.82, 2.24) is 5.32 Å². The molecule has 1 fully saturated rings. The molecule has 0 unspecified atom stereocenters. The van der Waals surface area contributed by atoms with E-state index in [0.29, 0.717) is 18.8 Å². The molecule has 0 saturated heterocycles. The van der Waals surface area contributed by atoms with Crippen molar-refractivity contribution in [3.05, 3.63) is 0 Å². The number of hydrogen-bond acceptors (Lipinski definition) is 3. The van der Waals surface area contributed by atoms with Gasteiger partial charge in [-0.2, -0.15) is 0 Å². The number of aliphatic hydroxyl groups is 1. The van der Waals surface area contributed by atoms with Gasteiger partial charge in [-0.25, -0.2) is 0 Å². The first kappa shape index (κ1) is 15.4. The number of rotatable bonds is 5. The second kappa shape index (κ2) is 6.02.